The van der Waals surface area contributed by atoms with Gasteiger partial charge in [0.05, 0.1) is 6.04 Å². The van der Waals surface area contributed by atoms with Gasteiger partial charge in [-0.25, -0.2) is 0 Å². The summed E-state index contributed by atoms with van der Waals surface area (Å²) in [5, 5.41) is 16.0. The van der Waals surface area contributed by atoms with Gasteiger partial charge < -0.3 is 10.4 Å². The van der Waals surface area contributed by atoms with Gasteiger partial charge >= 0.3 is 0 Å². The highest BCUT2D eigenvalue weighted by molar-refractivity contribution is 5.92. The molecule has 0 saturated heterocycles. The number of rotatable bonds is 8. The van der Waals surface area contributed by atoms with Crippen LogP contribution in [0.5, 0.6) is 0 Å². The van der Waals surface area contributed by atoms with Gasteiger partial charge in [0.2, 0.25) is 0 Å². The van der Waals surface area contributed by atoms with Crippen LogP contribution in [0.1, 0.15) is 63.0 Å². The molecular formula is C14H25N3O2. The number of carbonyl (C=O) groups is 1. The van der Waals surface area contributed by atoms with Crippen molar-refractivity contribution in [2.24, 2.45) is 0 Å². The van der Waals surface area contributed by atoms with Crippen LogP contribution in [0.15, 0.2) is 12.3 Å². The van der Waals surface area contributed by atoms with Gasteiger partial charge in [0.25, 0.3) is 5.91 Å². The quantitative estimate of drug-likeness (QED) is 0.758. The van der Waals surface area contributed by atoms with Crippen LogP contribution in [0.25, 0.3) is 0 Å². The Labute approximate surface area is 115 Å². The molecule has 0 bridgehead atoms. The average molecular weight is 267 g/mol. The van der Waals surface area contributed by atoms with E-state index in [9.17, 15) is 4.79 Å². The highest BCUT2D eigenvalue weighted by atomic mass is 16.3. The normalized spacial score (nSPS) is 12.7. The second kappa shape index (κ2) is 7.94. The van der Waals surface area contributed by atoms with Crippen LogP contribution in [0, 0.1) is 0 Å². The lowest BCUT2D eigenvalue weighted by Crippen LogP contribution is -2.34. The van der Waals surface area contributed by atoms with Crippen LogP contribution in [-0.4, -0.2) is 33.4 Å². The zero-order valence-corrected chi connectivity index (χ0v) is 12.1. The molecule has 5 nitrogen and oxygen atoms in total. The minimum Gasteiger partial charge on any atom is -0.396 e. The van der Waals surface area contributed by atoms with Gasteiger partial charge in [-0.15, -0.1) is 0 Å². The summed E-state index contributed by atoms with van der Waals surface area (Å²) in [7, 11) is 0. The molecule has 2 N–H and O–H groups in total. The largest absolute Gasteiger partial charge is 0.396 e. The Balaban J connectivity index is 2.69. The van der Waals surface area contributed by atoms with E-state index in [1.807, 2.05) is 11.6 Å². The first-order valence-corrected chi connectivity index (χ1v) is 7.09. The smallest absolute Gasteiger partial charge is 0.269 e. The summed E-state index contributed by atoms with van der Waals surface area (Å²) >= 11 is 0. The first-order valence-electron chi connectivity index (χ1n) is 7.09. The standard InChI is InChI=1S/C14H25N3O2/c1-4-12(5-2)17-13(8-9-15-17)14(19)16-11(3)7-6-10-18/h8-9,11-12,18H,4-7,10H2,1-3H3,(H,16,19). The summed E-state index contributed by atoms with van der Waals surface area (Å²) < 4.78 is 1.81. The van der Waals surface area contributed by atoms with Crippen molar-refractivity contribution in [3.8, 4) is 0 Å². The Morgan fingerprint density at radius 3 is 2.74 bits per heavy atom. The van der Waals surface area contributed by atoms with E-state index in [0.29, 0.717) is 12.1 Å². The van der Waals surface area contributed by atoms with Crippen molar-refractivity contribution in [2.45, 2.75) is 58.5 Å². The molecular weight excluding hydrogens is 242 g/mol. The molecule has 1 aromatic rings. The first-order chi connectivity index (χ1) is 9.13. The van der Waals surface area contributed by atoms with Crippen LogP contribution in [0.4, 0.5) is 0 Å². The fraction of sp³-hybridized carbons (Fsp3) is 0.714. The molecule has 0 aliphatic heterocycles. The summed E-state index contributed by atoms with van der Waals surface area (Å²) in [6.45, 7) is 6.31. The van der Waals surface area contributed by atoms with Crippen molar-refractivity contribution in [1.29, 1.82) is 0 Å². The maximum atomic E-state index is 12.2. The molecule has 1 amide bonds. The molecule has 0 fully saturated rings. The Kier molecular flexibility index (Phi) is 6.56. The molecule has 0 aliphatic carbocycles. The van der Waals surface area contributed by atoms with Gasteiger partial charge in [-0.3, -0.25) is 9.48 Å². The van der Waals surface area contributed by atoms with Gasteiger partial charge in [0, 0.05) is 18.8 Å². The van der Waals surface area contributed by atoms with Crippen LogP contribution >= 0.6 is 0 Å². The monoisotopic (exact) mass is 267 g/mol. The lowest BCUT2D eigenvalue weighted by atomic mass is 10.1. The Morgan fingerprint density at radius 2 is 2.16 bits per heavy atom. The second-order valence-corrected chi connectivity index (χ2v) is 4.87. The molecule has 5 heteroatoms. The van der Waals surface area contributed by atoms with E-state index >= 15 is 0 Å². The summed E-state index contributed by atoms with van der Waals surface area (Å²) in [5.74, 6) is -0.0881. The van der Waals surface area contributed by atoms with E-state index in [1.54, 1.807) is 12.3 Å². The third-order valence-corrected chi connectivity index (χ3v) is 3.36. The predicted octanol–water partition coefficient (Wildman–Crippen LogP) is 2.14. The number of carbonyl (C=O) groups excluding carboxylic acids is 1. The fourth-order valence-corrected chi connectivity index (χ4v) is 2.19. The molecule has 1 heterocycles. The second-order valence-electron chi connectivity index (χ2n) is 4.87. The molecule has 0 saturated carbocycles. The molecule has 0 aromatic carbocycles. The molecule has 1 aromatic heterocycles. The lowest BCUT2D eigenvalue weighted by molar-refractivity contribution is 0.0922. The van der Waals surface area contributed by atoms with E-state index in [1.165, 1.54) is 0 Å². The summed E-state index contributed by atoms with van der Waals surface area (Å²) in [5.41, 5.74) is 0.615. The van der Waals surface area contributed by atoms with Crippen LogP contribution in [-0.2, 0) is 0 Å². The summed E-state index contributed by atoms with van der Waals surface area (Å²) in [6, 6.07) is 2.08. The molecule has 0 radical (unpaired) electrons. The van der Waals surface area contributed by atoms with Crippen molar-refractivity contribution < 1.29 is 9.90 Å². The van der Waals surface area contributed by atoms with Gasteiger partial charge in [-0.1, -0.05) is 13.8 Å². The van der Waals surface area contributed by atoms with E-state index in [2.05, 4.69) is 24.3 Å². The molecule has 0 spiro atoms. The minimum absolute atomic E-state index is 0.0599. The number of aromatic nitrogens is 2. The SMILES string of the molecule is CCC(CC)n1nccc1C(=O)NC(C)CCCO. The number of amides is 1. The molecule has 108 valence electrons. The number of hydrogen-bond acceptors (Lipinski definition) is 3. The summed E-state index contributed by atoms with van der Waals surface area (Å²) in [6.07, 6.45) is 5.07. The fourth-order valence-electron chi connectivity index (χ4n) is 2.19. The van der Waals surface area contributed by atoms with Gasteiger partial charge in [-0.2, -0.15) is 5.10 Å². The van der Waals surface area contributed by atoms with Gasteiger partial charge in [0.1, 0.15) is 5.69 Å². The molecule has 19 heavy (non-hydrogen) atoms. The average Bonchev–Trinajstić information content (AvgIpc) is 2.87. The van der Waals surface area contributed by atoms with Gasteiger partial charge in [0.15, 0.2) is 0 Å². The number of nitrogens with one attached hydrogen (secondary N) is 1. The van der Waals surface area contributed by atoms with Crippen molar-refractivity contribution in [1.82, 2.24) is 15.1 Å². The lowest BCUT2D eigenvalue weighted by Gasteiger charge is -2.18. The van der Waals surface area contributed by atoms with Crippen molar-refractivity contribution >= 4 is 5.91 Å². The third kappa shape index (κ3) is 4.35. The Hall–Kier alpha value is -1.36. The number of aliphatic hydroxyl groups excluding tert-OH is 1. The molecule has 0 aliphatic rings. The first kappa shape index (κ1) is 15.7. The molecule has 1 atom stereocenters. The predicted molar refractivity (Wildman–Crippen MR) is 75.1 cm³/mol. The van der Waals surface area contributed by atoms with Gasteiger partial charge in [-0.05, 0) is 38.7 Å². The van der Waals surface area contributed by atoms with E-state index in [4.69, 9.17) is 5.11 Å². The van der Waals surface area contributed by atoms with Crippen molar-refractivity contribution in [2.75, 3.05) is 6.61 Å². The van der Waals surface area contributed by atoms with Crippen molar-refractivity contribution in [3.05, 3.63) is 18.0 Å². The zero-order chi connectivity index (χ0) is 14.3. The molecule has 1 unspecified atom stereocenters. The van der Waals surface area contributed by atoms with Crippen LogP contribution in [0.2, 0.25) is 0 Å². The van der Waals surface area contributed by atoms with Crippen molar-refractivity contribution in [3.63, 3.8) is 0 Å². The molecule has 1 rings (SSSR count). The number of nitrogens with zero attached hydrogens (tertiary/aromatic N) is 2. The van der Waals surface area contributed by atoms with Crippen LogP contribution in [0.3, 0.4) is 0 Å². The van der Waals surface area contributed by atoms with Crippen LogP contribution < -0.4 is 5.32 Å². The Morgan fingerprint density at radius 1 is 1.47 bits per heavy atom. The van der Waals surface area contributed by atoms with E-state index < -0.39 is 0 Å². The van der Waals surface area contributed by atoms with E-state index in [0.717, 1.165) is 19.3 Å². The number of hydrogen-bond donors (Lipinski definition) is 2. The number of aliphatic hydroxyl groups is 1. The minimum atomic E-state index is -0.0881. The highest BCUT2D eigenvalue weighted by Gasteiger charge is 2.18. The zero-order valence-electron chi connectivity index (χ0n) is 12.1. The third-order valence-electron chi connectivity index (χ3n) is 3.36. The van der Waals surface area contributed by atoms with E-state index in [-0.39, 0.29) is 24.6 Å². The Bertz CT molecular complexity index is 386. The maximum Gasteiger partial charge on any atom is 0.269 e. The summed E-state index contributed by atoms with van der Waals surface area (Å²) in [4.78, 5) is 12.2. The maximum absolute atomic E-state index is 12.2. The highest BCUT2D eigenvalue weighted by Crippen LogP contribution is 2.17. The topological polar surface area (TPSA) is 67.2 Å².